The van der Waals surface area contributed by atoms with Crippen LogP contribution in [0.25, 0.3) is 0 Å². The van der Waals surface area contributed by atoms with Gasteiger partial charge in [0.2, 0.25) is 0 Å². The van der Waals surface area contributed by atoms with E-state index < -0.39 is 18.1 Å². The van der Waals surface area contributed by atoms with E-state index in [-0.39, 0.29) is 31.8 Å². The molecule has 0 aromatic carbocycles. The predicted molar refractivity (Wildman–Crippen MR) is 42.5 cm³/mol. The number of halogens is 3. The molecule has 0 saturated carbocycles. The minimum atomic E-state index is -4.86. The number of amides is 1. The van der Waals surface area contributed by atoms with Crippen LogP contribution < -0.4 is 29.3 Å². The van der Waals surface area contributed by atoms with Crippen molar-refractivity contribution in [2.75, 3.05) is 6.54 Å². The number of aliphatic carboxylic acids is 1. The molecular formula is C8H11F3LiNO3. The van der Waals surface area contributed by atoms with Gasteiger partial charge in [-0.2, -0.15) is 13.2 Å². The number of carboxylic acid groups (broad SMARTS) is 1. The zero-order valence-electron chi connectivity index (χ0n) is 8.89. The summed E-state index contributed by atoms with van der Waals surface area (Å²) < 4.78 is 34.9. The molecule has 0 saturated heterocycles. The summed E-state index contributed by atoms with van der Waals surface area (Å²) in [6.07, 6.45) is -3.89. The molecule has 0 aliphatic heterocycles. The first-order chi connectivity index (χ1) is 6.84. The first-order valence-corrected chi connectivity index (χ1v) is 4.39. The molecule has 0 atom stereocenters. The summed E-state index contributed by atoms with van der Waals surface area (Å²) in [6, 6.07) is 0. The number of carbonyl (C=O) groups is 2. The van der Waals surface area contributed by atoms with E-state index in [0.29, 0.717) is 19.3 Å². The predicted octanol–water partition coefficient (Wildman–Crippen LogP) is -3.02. The van der Waals surface area contributed by atoms with Crippen LogP contribution in [0.15, 0.2) is 0 Å². The van der Waals surface area contributed by atoms with Crippen molar-refractivity contribution in [2.45, 2.75) is 31.9 Å². The van der Waals surface area contributed by atoms with Gasteiger partial charge in [0.05, 0.1) is 0 Å². The summed E-state index contributed by atoms with van der Waals surface area (Å²) in [5.74, 6) is -3.16. The zero-order chi connectivity index (χ0) is 11.9. The van der Waals surface area contributed by atoms with Crippen molar-refractivity contribution in [1.29, 1.82) is 0 Å². The second-order valence-corrected chi connectivity index (χ2v) is 2.94. The topological polar surface area (TPSA) is 69.2 Å². The smallest absolute Gasteiger partial charge is 0.550 e. The molecular weight excluding hydrogens is 222 g/mol. The van der Waals surface area contributed by atoms with E-state index >= 15 is 0 Å². The van der Waals surface area contributed by atoms with Gasteiger partial charge in [-0.3, -0.25) is 4.79 Å². The van der Waals surface area contributed by atoms with Gasteiger partial charge in [-0.15, -0.1) is 0 Å². The van der Waals surface area contributed by atoms with Crippen molar-refractivity contribution in [1.82, 2.24) is 5.32 Å². The number of carbonyl (C=O) groups excluding carboxylic acids is 2. The molecule has 16 heavy (non-hydrogen) atoms. The summed E-state index contributed by atoms with van der Waals surface area (Å²) in [4.78, 5) is 20.2. The molecule has 1 amide bonds. The third-order valence-corrected chi connectivity index (χ3v) is 1.60. The minimum Gasteiger partial charge on any atom is -0.550 e. The van der Waals surface area contributed by atoms with Crippen LogP contribution >= 0.6 is 0 Å². The van der Waals surface area contributed by atoms with Crippen LogP contribution in [0.1, 0.15) is 25.7 Å². The standard InChI is InChI=1S/C8H12F3NO3.Li/c9-8(10,11)7(15)12-5-3-1-2-4-6(13)14;/h1-5H2,(H,12,15)(H,13,14);/q;+1/p-1. The van der Waals surface area contributed by atoms with Gasteiger partial charge < -0.3 is 15.2 Å². The Morgan fingerprint density at radius 1 is 1.12 bits per heavy atom. The summed E-state index contributed by atoms with van der Waals surface area (Å²) in [5, 5.41) is 11.6. The van der Waals surface area contributed by atoms with E-state index in [0.717, 1.165) is 0 Å². The van der Waals surface area contributed by atoms with Crippen LogP contribution in [0.5, 0.6) is 0 Å². The molecule has 0 rings (SSSR count). The molecule has 0 radical (unpaired) electrons. The van der Waals surface area contributed by atoms with Crippen molar-refractivity contribution < 1.29 is 46.7 Å². The quantitative estimate of drug-likeness (QED) is 0.392. The maximum atomic E-state index is 11.6. The Bertz CT molecular complexity index is 233. The molecule has 88 valence electrons. The molecule has 0 bridgehead atoms. The van der Waals surface area contributed by atoms with E-state index in [4.69, 9.17) is 0 Å². The van der Waals surface area contributed by atoms with Gasteiger partial charge in [-0.25, -0.2) is 0 Å². The Hall–Kier alpha value is -0.673. The number of rotatable bonds is 6. The Morgan fingerprint density at radius 2 is 1.69 bits per heavy atom. The summed E-state index contributed by atoms with van der Waals surface area (Å²) in [6.45, 7) is -0.106. The van der Waals surface area contributed by atoms with Crippen LogP contribution in [0.2, 0.25) is 0 Å². The average molecular weight is 233 g/mol. The molecule has 0 aromatic heterocycles. The fourth-order valence-corrected chi connectivity index (χ4v) is 0.873. The third-order valence-electron chi connectivity index (χ3n) is 1.60. The van der Waals surface area contributed by atoms with Crippen molar-refractivity contribution >= 4 is 11.9 Å². The number of alkyl halides is 3. The van der Waals surface area contributed by atoms with Gasteiger partial charge in [0, 0.05) is 12.5 Å². The van der Waals surface area contributed by atoms with E-state index in [1.54, 1.807) is 5.32 Å². The molecule has 1 N–H and O–H groups in total. The van der Waals surface area contributed by atoms with Crippen LogP contribution in [0, 0.1) is 0 Å². The van der Waals surface area contributed by atoms with Gasteiger partial charge in [0.1, 0.15) is 0 Å². The number of hydrogen-bond donors (Lipinski definition) is 1. The SMILES string of the molecule is O=C([O-])CCCCCNC(=O)C(F)(F)F.[Li+]. The Balaban J connectivity index is 0. The fraction of sp³-hybridized carbons (Fsp3) is 0.750. The van der Waals surface area contributed by atoms with Crippen LogP contribution in [-0.2, 0) is 9.59 Å². The van der Waals surface area contributed by atoms with Gasteiger partial charge >= 0.3 is 30.9 Å². The monoisotopic (exact) mass is 233 g/mol. The van der Waals surface area contributed by atoms with Gasteiger partial charge in [0.15, 0.2) is 0 Å². The average Bonchev–Trinajstić information content (AvgIpc) is 2.08. The molecule has 0 unspecified atom stereocenters. The molecule has 0 fully saturated rings. The fourth-order valence-electron chi connectivity index (χ4n) is 0.873. The summed E-state index contributed by atoms with van der Waals surface area (Å²) >= 11 is 0. The number of carboxylic acids is 1. The summed E-state index contributed by atoms with van der Waals surface area (Å²) in [5.41, 5.74) is 0. The maximum Gasteiger partial charge on any atom is 1.00 e. The van der Waals surface area contributed by atoms with Crippen molar-refractivity contribution in [3.8, 4) is 0 Å². The minimum absolute atomic E-state index is 0. The largest absolute Gasteiger partial charge is 1.00 e. The van der Waals surface area contributed by atoms with Crippen LogP contribution in [0.3, 0.4) is 0 Å². The normalized spacial score (nSPS) is 10.4. The summed E-state index contributed by atoms with van der Waals surface area (Å²) in [7, 11) is 0. The van der Waals surface area contributed by atoms with Crippen molar-refractivity contribution in [2.24, 2.45) is 0 Å². The number of nitrogens with one attached hydrogen (secondary N) is 1. The molecule has 0 aromatic rings. The van der Waals surface area contributed by atoms with Gasteiger partial charge in [-0.1, -0.05) is 6.42 Å². The van der Waals surface area contributed by atoms with Crippen LogP contribution in [-0.4, -0.2) is 24.6 Å². The Morgan fingerprint density at radius 3 is 2.12 bits per heavy atom. The van der Waals surface area contributed by atoms with Crippen LogP contribution in [0.4, 0.5) is 13.2 Å². The van der Waals surface area contributed by atoms with Gasteiger partial charge in [-0.05, 0) is 19.3 Å². The second kappa shape index (κ2) is 8.48. The molecule has 4 nitrogen and oxygen atoms in total. The second-order valence-electron chi connectivity index (χ2n) is 2.94. The van der Waals surface area contributed by atoms with E-state index in [9.17, 15) is 27.9 Å². The van der Waals surface area contributed by atoms with Crippen molar-refractivity contribution in [3.63, 3.8) is 0 Å². The van der Waals surface area contributed by atoms with E-state index in [2.05, 4.69) is 0 Å². The van der Waals surface area contributed by atoms with Gasteiger partial charge in [0.25, 0.3) is 0 Å². The molecule has 8 heteroatoms. The first kappa shape index (κ1) is 17.7. The molecule has 0 heterocycles. The zero-order valence-corrected chi connectivity index (χ0v) is 8.89. The van der Waals surface area contributed by atoms with E-state index in [1.807, 2.05) is 0 Å². The number of hydrogen-bond acceptors (Lipinski definition) is 3. The Labute approximate surface area is 103 Å². The number of unbranched alkanes of at least 4 members (excludes halogenated alkanes) is 2. The van der Waals surface area contributed by atoms with E-state index in [1.165, 1.54) is 0 Å². The molecule has 0 aliphatic rings. The molecule has 0 spiro atoms. The maximum absolute atomic E-state index is 11.6. The Kier molecular flexibility index (Phi) is 9.38. The third kappa shape index (κ3) is 9.87. The molecule has 0 aliphatic carbocycles. The first-order valence-electron chi connectivity index (χ1n) is 4.39. The van der Waals surface area contributed by atoms with Crippen molar-refractivity contribution in [3.05, 3.63) is 0 Å².